The van der Waals surface area contributed by atoms with Crippen LogP contribution >= 0.6 is 0 Å². The molecule has 4 rings (SSSR count). The van der Waals surface area contributed by atoms with Crippen LogP contribution in [-0.4, -0.2) is 43.5 Å². The van der Waals surface area contributed by atoms with Gasteiger partial charge in [-0.3, -0.25) is 14.2 Å². The second kappa shape index (κ2) is 7.39. The van der Waals surface area contributed by atoms with Crippen molar-refractivity contribution in [2.45, 2.75) is 32.7 Å². The van der Waals surface area contributed by atoms with Gasteiger partial charge in [-0.25, -0.2) is 0 Å². The first-order chi connectivity index (χ1) is 13.1. The summed E-state index contributed by atoms with van der Waals surface area (Å²) in [6.45, 7) is 4.14. The normalized spacial score (nSPS) is 14.1. The third-order valence-corrected chi connectivity index (χ3v) is 5.39. The van der Waals surface area contributed by atoms with Crippen molar-refractivity contribution in [3.8, 4) is 11.3 Å². The topological polar surface area (TPSA) is 56.0 Å². The van der Waals surface area contributed by atoms with Crippen LogP contribution in [0.2, 0.25) is 0 Å². The highest BCUT2D eigenvalue weighted by atomic mass is 16.2. The average molecular weight is 363 g/mol. The first-order valence-corrected chi connectivity index (χ1v) is 9.50. The van der Waals surface area contributed by atoms with Crippen LogP contribution in [0.4, 0.5) is 0 Å². The van der Waals surface area contributed by atoms with Crippen LogP contribution in [0.15, 0.2) is 42.6 Å². The van der Waals surface area contributed by atoms with Gasteiger partial charge >= 0.3 is 0 Å². The Morgan fingerprint density at radius 1 is 1.11 bits per heavy atom. The fraction of sp³-hybridized carbons (Fsp3) is 0.381. The zero-order valence-corrected chi connectivity index (χ0v) is 15.9. The van der Waals surface area contributed by atoms with E-state index in [4.69, 9.17) is 5.10 Å². The minimum atomic E-state index is 0.201. The Hall–Kier alpha value is -2.89. The van der Waals surface area contributed by atoms with Crippen molar-refractivity contribution in [2.75, 3.05) is 13.1 Å². The molecule has 0 fully saturated rings. The summed E-state index contributed by atoms with van der Waals surface area (Å²) in [6.07, 6.45) is 3.96. The highest BCUT2D eigenvalue weighted by Crippen LogP contribution is 2.28. The molecule has 1 aliphatic rings. The molecule has 3 aromatic rings. The zero-order chi connectivity index (χ0) is 18.8. The lowest BCUT2D eigenvalue weighted by Crippen LogP contribution is -2.34. The molecule has 6 nitrogen and oxygen atoms in total. The largest absolute Gasteiger partial charge is 0.342 e. The Morgan fingerprint density at radius 3 is 2.63 bits per heavy atom. The predicted molar refractivity (Wildman–Crippen MR) is 104 cm³/mol. The lowest BCUT2D eigenvalue weighted by atomic mass is 10.0. The molecule has 0 spiro atoms. The molecule has 0 unspecified atom stereocenters. The van der Waals surface area contributed by atoms with Gasteiger partial charge in [0.05, 0.1) is 5.69 Å². The van der Waals surface area contributed by atoms with E-state index in [1.165, 1.54) is 11.3 Å². The number of aryl methyl sites for hydroxylation is 3. The molecule has 0 N–H and O–H groups in total. The molecule has 0 saturated carbocycles. The Kier molecular flexibility index (Phi) is 4.79. The maximum Gasteiger partial charge on any atom is 0.224 e. The van der Waals surface area contributed by atoms with Crippen LogP contribution in [0.1, 0.15) is 23.4 Å². The van der Waals surface area contributed by atoms with Crippen LogP contribution in [0, 0.1) is 6.92 Å². The SMILES string of the molecule is Cc1ccnn1CCC(=O)N1CCc2c(-c3ccccc3)nn(C)c2CC1. The minimum Gasteiger partial charge on any atom is -0.342 e. The summed E-state index contributed by atoms with van der Waals surface area (Å²) in [5, 5.41) is 9.02. The van der Waals surface area contributed by atoms with E-state index in [1.807, 2.05) is 52.5 Å². The number of hydrogen-bond acceptors (Lipinski definition) is 3. The van der Waals surface area contributed by atoms with Crippen molar-refractivity contribution in [2.24, 2.45) is 7.05 Å². The van der Waals surface area contributed by atoms with Crippen LogP contribution in [0.25, 0.3) is 11.3 Å². The van der Waals surface area contributed by atoms with Crippen LogP contribution < -0.4 is 0 Å². The summed E-state index contributed by atoms with van der Waals surface area (Å²) in [6, 6.07) is 12.3. The average Bonchev–Trinajstić information content (AvgIpc) is 3.14. The van der Waals surface area contributed by atoms with E-state index >= 15 is 0 Å². The lowest BCUT2D eigenvalue weighted by Gasteiger charge is -2.20. The third-order valence-electron chi connectivity index (χ3n) is 5.39. The number of nitrogens with zero attached hydrogens (tertiary/aromatic N) is 5. The summed E-state index contributed by atoms with van der Waals surface area (Å²) in [4.78, 5) is 14.7. The van der Waals surface area contributed by atoms with E-state index in [0.29, 0.717) is 13.0 Å². The highest BCUT2D eigenvalue weighted by molar-refractivity contribution is 5.76. The number of hydrogen-bond donors (Lipinski definition) is 0. The number of fused-ring (bicyclic) bond motifs is 1. The molecule has 1 aliphatic heterocycles. The van der Waals surface area contributed by atoms with Crippen molar-refractivity contribution >= 4 is 5.91 Å². The van der Waals surface area contributed by atoms with E-state index in [1.54, 1.807) is 6.20 Å². The summed E-state index contributed by atoms with van der Waals surface area (Å²) >= 11 is 0. The molecule has 1 aromatic carbocycles. The Morgan fingerprint density at radius 2 is 1.89 bits per heavy atom. The molecule has 0 radical (unpaired) electrons. The smallest absolute Gasteiger partial charge is 0.224 e. The molecule has 0 atom stereocenters. The number of rotatable bonds is 4. The molecule has 140 valence electrons. The van der Waals surface area contributed by atoms with Crippen molar-refractivity contribution in [3.63, 3.8) is 0 Å². The number of carbonyl (C=O) groups excluding carboxylic acids is 1. The predicted octanol–water partition coefficient (Wildman–Crippen LogP) is 2.61. The van der Waals surface area contributed by atoms with Crippen LogP contribution in [0.3, 0.4) is 0 Å². The van der Waals surface area contributed by atoms with Crippen LogP contribution in [0.5, 0.6) is 0 Å². The van der Waals surface area contributed by atoms with Gasteiger partial charge in [-0.15, -0.1) is 0 Å². The van der Waals surface area contributed by atoms with Crippen molar-refractivity contribution in [1.29, 1.82) is 0 Å². The second-order valence-corrected chi connectivity index (χ2v) is 7.09. The van der Waals surface area contributed by atoms with Gasteiger partial charge in [0, 0.05) is 68.2 Å². The Bertz CT molecular complexity index is 941. The molecule has 1 amide bonds. The minimum absolute atomic E-state index is 0.201. The molecule has 3 heterocycles. The van der Waals surface area contributed by atoms with Crippen molar-refractivity contribution in [3.05, 3.63) is 59.5 Å². The summed E-state index contributed by atoms with van der Waals surface area (Å²) < 4.78 is 3.88. The third kappa shape index (κ3) is 3.52. The van der Waals surface area contributed by atoms with Gasteiger partial charge in [-0.2, -0.15) is 10.2 Å². The summed E-state index contributed by atoms with van der Waals surface area (Å²) in [5.41, 5.74) is 5.80. The fourth-order valence-electron chi connectivity index (χ4n) is 3.85. The van der Waals surface area contributed by atoms with Gasteiger partial charge in [-0.05, 0) is 19.4 Å². The van der Waals surface area contributed by atoms with Gasteiger partial charge < -0.3 is 4.90 Å². The van der Waals surface area contributed by atoms with E-state index < -0.39 is 0 Å². The molecule has 0 bridgehead atoms. The summed E-state index contributed by atoms with van der Waals surface area (Å²) in [5.74, 6) is 0.201. The lowest BCUT2D eigenvalue weighted by molar-refractivity contribution is -0.131. The molecule has 0 aliphatic carbocycles. The first kappa shape index (κ1) is 17.5. The standard InChI is InChI=1S/C21H25N5O/c1-16-8-12-22-26(16)15-11-20(27)25-13-9-18-19(10-14-25)24(2)23-21(18)17-6-4-3-5-7-17/h3-8,12H,9-11,13-15H2,1-2H3. The maximum absolute atomic E-state index is 12.7. The number of aromatic nitrogens is 4. The van der Waals surface area contributed by atoms with Gasteiger partial charge in [-0.1, -0.05) is 30.3 Å². The monoisotopic (exact) mass is 363 g/mol. The van der Waals surface area contributed by atoms with Gasteiger partial charge in [0.1, 0.15) is 0 Å². The van der Waals surface area contributed by atoms with Gasteiger partial charge in [0.2, 0.25) is 5.91 Å². The molecule has 6 heteroatoms. The van der Waals surface area contributed by atoms with E-state index in [0.717, 1.165) is 42.9 Å². The van der Waals surface area contributed by atoms with E-state index in [2.05, 4.69) is 17.2 Å². The zero-order valence-electron chi connectivity index (χ0n) is 15.9. The fourth-order valence-corrected chi connectivity index (χ4v) is 3.85. The highest BCUT2D eigenvalue weighted by Gasteiger charge is 2.24. The Balaban J connectivity index is 1.47. The first-order valence-electron chi connectivity index (χ1n) is 9.50. The molecule has 2 aromatic heterocycles. The number of amides is 1. The van der Waals surface area contributed by atoms with Gasteiger partial charge in [0.25, 0.3) is 0 Å². The van der Waals surface area contributed by atoms with Crippen molar-refractivity contribution in [1.82, 2.24) is 24.5 Å². The summed E-state index contributed by atoms with van der Waals surface area (Å²) in [7, 11) is 2.00. The quantitative estimate of drug-likeness (QED) is 0.716. The van der Waals surface area contributed by atoms with Crippen molar-refractivity contribution < 1.29 is 4.79 Å². The second-order valence-electron chi connectivity index (χ2n) is 7.09. The maximum atomic E-state index is 12.7. The molecule has 27 heavy (non-hydrogen) atoms. The van der Waals surface area contributed by atoms with E-state index in [-0.39, 0.29) is 5.91 Å². The Labute approximate surface area is 159 Å². The molecular formula is C21H25N5O. The molecular weight excluding hydrogens is 338 g/mol. The van der Waals surface area contributed by atoms with Crippen LogP contribution in [-0.2, 0) is 31.2 Å². The van der Waals surface area contributed by atoms with Gasteiger partial charge in [0.15, 0.2) is 0 Å². The molecule has 0 saturated heterocycles. The number of benzene rings is 1. The van der Waals surface area contributed by atoms with E-state index in [9.17, 15) is 4.79 Å². The number of carbonyl (C=O) groups is 1.